The zero-order valence-corrected chi connectivity index (χ0v) is 7.53. The Morgan fingerprint density at radius 3 is 2.62 bits per heavy atom. The van der Waals surface area contributed by atoms with Crippen LogP contribution in [-0.2, 0) is 4.79 Å². The Labute approximate surface area is 102 Å². The Kier molecular flexibility index (Phi) is 6.31. The Balaban J connectivity index is 0.00000144. The van der Waals surface area contributed by atoms with Gasteiger partial charge in [-0.1, -0.05) is 44.2 Å². The minimum absolute atomic E-state index is 0. The molecule has 0 bridgehead atoms. The van der Waals surface area contributed by atoms with Crippen LogP contribution >= 0.6 is 0 Å². The van der Waals surface area contributed by atoms with Gasteiger partial charge in [-0.25, -0.2) is 0 Å². The van der Waals surface area contributed by atoms with E-state index in [4.69, 9.17) is 0 Å². The van der Waals surface area contributed by atoms with Gasteiger partial charge in [0.1, 0.15) is 6.29 Å². The summed E-state index contributed by atoms with van der Waals surface area (Å²) in [7, 11) is 0. The number of allylic oxidation sites excluding steroid dienone is 6. The van der Waals surface area contributed by atoms with E-state index in [0.29, 0.717) is 5.92 Å². The predicted molar refractivity (Wildman–Crippen MR) is 57.9 cm³/mol. The molecular formula is C11H15NaO. The fourth-order valence-electron chi connectivity index (χ4n) is 1.11. The van der Waals surface area contributed by atoms with E-state index >= 15 is 0 Å². The van der Waals surface area contributed by atoms with Crippen molar-refractivity contribution in [2.45, 2.75) is 13.8 Å². The third-order valence-corrected chi connectivity index (χ3v) is 1.96. The second-order valence-corrected chi connectivity index (χ2v) is 3.28. The first-order valence-electron chi connectivity index (χ1n) is 4.26. The Bertz CT molecular complexity index is 249. The van der Waals surface area contributed by atoms with Gasteiger partial charge in [0.15, 0.2) is 0 Å². The summed E-state index contributed by atoms with van der Waals surface area (Å²) in [5, 5.41) is 0. The second-order valence-electron chi connectivity index (χ2n) is 3.28. The van der Waals surface area contributed by atoms with Crippen molar-refractivity contribution in [1.82, 2.24) is 0 Å². The molecular weight excluding hydrogens is 171 g/mol. The van der Waals surface area contributed by atoms with Gasteiger partial charge in [-0.15, -0.1) is 0 Å². The normalized spacial score (nSPS) is 20.5. The average Bonchev–Trinajstić information content (AvgIpc) is 2.28. The summed E-state index contributed by atoms with van der Waals surface area (Å²) in [6.45, 7) is 4.29. The van der Waals surface area contributed by atoms with Crippen molar-refractivity contribution in [3.8, 4) is 0 Å². The molecule has 2 heteroatoms. The molecule has 1 unspecified atom stereocenters. The molecule has 66 valence electrons. The van der Waals surface area contributed by atoms with Gasteiger partial charge < -0.3 is 4.79 Å². The zero-order chi connectivity index (χ0) is 8.97. The van der Waals surface area contributed by atoms with Crippen LogP contribution in [0, 0.1) is 11.8 Å². The molecule has 0 spiro atoms. The van der Waals surface area contributed by atoms with E-state index in [1.54, 1.807) is 0 Å². The molecule has 0 amide bonds. The van der Waals surface area contributed by atoms with E-state index in [0.717, 1.165) is 6.29 Å². The molecule has 1 aliphatic rings. The molecule has 0 heterocycles. The van der Waals surface area contributed by atoms with Crippen LogP contribution in [0.4, 0.5) is 0 Å². The topological polar surface area (TPSA) is 17.1 Å². The van der Waals surface area contributed by atoms with Crippen LogP contribution in [0.15, 0.2) is 36.0 Å². The SMILES string of the molecule is CC(C)C1=CC=CC(C=O)C=C1.[NaH]. The van der Waals surface area contributed by atoms with Crippen molar-refractivity contribution in [3.63, 3.8) is 0 Å². The van der Waals surface area contributed by atoms with Gasteiger partial charge in [-0.05, 0) is 11.5 Å². The van der Waals surface area contributed by atoms with Gasteiger partial charge in [-0.2, -0.15) is 0 Å². The minimum atomic E-state index is -0.0440. The molecule has 1 aliphatic carbocycles. The summed E-state index contributed by atoms with van der Waals surface area (Å²) >= 11 is 0. The molecule has 1 rings (SSSR count). The molecule has 0 aromatic heterocycles. The van der Waals surface area contributed by atoms with Gasteiger partial charge >= 0.3 is 29.6 Å². The summed E-state index contributed by atoms with van der Waals surface area (Å²) in [5.74, 6) is 0.480. The average molecular weight is 186 g/mol. The maximum atomic E-state index is 10.5. The van der Waals surface area contributed by atoms with Crippen molar-refractivity contribution in [1.29, 1.82) is 0 Å². The summed E-state index contributed by atoms with van der Waals surface area (Å²) in [5.41, 5.74) is 1.27. The molecule has 0 saturated carbocycles. The van der Waals surface area contributed by atoms with Crippen molar-refractivity contribution in [2.75, 3.05) is 0 Å². The molecule has 0 radical (unpaired) electrons. The van der Waals surface area contributed by atoms with Crippen LogP contribution in [0.5, 0.6) is 0 Å². The standard InChI is InChI=1S/C11H14O.Na.H/c1-9(2)11-5-3-4-10(8-12)6-7-11;;/h3-10H,1-2H3;;. The number of rotatable bonds is 2. The van der Waals surface area contributed by atoms with Crippen LogP contribution < -0.4 is 0 Å². The summed E-state index contributed by atoms with van der Waals surface area (Å²) in [4.78, 5) is 10.5. The maximum absolute atomic E-state index is 10.5. The first-order chi connectivity index (χ1) is 5.74. The number of aldehydes is 1. The van der Waals surface area contributed by atoms with Crippen molar-refractivity contribution >= 4 is 35.8 Å². The Hall–Kier alpha value is -0.110. The first-order valence-corrected chi connectivity index (χ1v) is 4.26. The molecule has 0 aliphatic heterocycles. The molecule has 0 aromatic carbocycles. The van der Waals surface area contributed by atoms with Gasteiger partial charge in [0, 0.05) is 0 Å². The van der Waals surface area contributed by atoms with E-state index < -0.39 is 0 Å². The summed E-state index contributed by atoms with van der Waals surface area (Å²) in [6.07, 6.45) is 10.8. The van der Waals surface area contributed by atoms with Crippen molar-refractivity contribution in [2.24, 2.45) is 11.8 Å². The second kappa shape index (κ2) is 6.36. The number of hydrogen-bond donors (Lipinski definition) is 0. The molecule has 0 fully saturated rings. The fraction of sp³-hybridized carbons (Fsp3) is 0.364. The van der Waals surface area contributed by atoms with E-state index in [-0.39, 0.29) is 35.5 Å². The summed E-state index contributed by atoms with van der Waals surface area (Å²) < 4.78 is 0. The van der Waals surface area contributed by atoms with Crippen LogP contribution in [0.1, 0.15) is 13.8 Å². The number of hydrogen-bond acceptors (Lipinski definition) is 1. The van der Waals surface area contributed by atoms with Crippen molar-refractivity contribution < 1.29 is 4.79 Å². The molecule has 13 heavy (non-hydrogen) atoms. The molecule has 0 N–H and O–H groups in total. The quantitative estimate of drug-likeness (QED) is 0.475. The van der Waals surface area contributed by atoms with Crippen LogP contribution in [0.25, 0.3) is 0 Å². The monoisotopic (exact) mass is 186 g/mol. The number of carbonyl (C=O) groups excluding carboxylic acids is 1. The fourth-order valence-corrected chi connectivity index (χ4v) is 1.11. The van der Waals surface area contributed by atoms with Crippen LogP contribution in [0.2, 0.25) is 0 Å². The Morgan fingerprint density at radius 1 is 1.38 bits per heavy atom. The molecule has 0 aromatic rings. The van der Waals surface area contributed by atoms with E-state index in [2.05, 4.69) is 19.9 Å². The van der Waals surface area contributed by atoms with Crippen LogP contribution in [0.3, 0.4) is 0 Å². The van der Waals surface area contributed by atoms with Gasteiger partial charge in [-0.3, -0.25) is 0 Å². The third-order valence-electron chi connectivity index (χ3n) is 1.96. The van der Waals surface area contributed by atoms with Crippen molar-refractivity contribution in [3.05, 3.63) is 36.0 Å². The number of carbonyl (C=O) groups is 1. The van der Waals surface area contributed by atoms with E-state index in [1.807, 2.05) is 24.3 Å². The first kappa shape index (κ1) is 12.9. The van der Waals surface area contributed by atoms with E-state index in [1.165, 1.54) is 5.57 Å². The van der Waals surface area contributed by atoms with Gasteiger partial charge in [0.2, 0.25) is 0 Å². The van der Waals surface area contributed by atoms with Gasteiger partial charge in [0.25, 0.3) is 0 Å². The van der Waals surface area contributed by atoms with Gasteiger partial charge in [0.05, 0.1) is 5.92 Å². The third kappa shape index (κ3) is 4.08. The predicted octanol–water partition coefficient (Wildman–Crippen LogP) is 1.86. The molecule has 1 atom stereocenters. The molecule has 0 saturated heterocycles. The Morgan fingerprint density at radius 2 is 2.08 bits per heavy atom. The molecule has 1 nitrogen and oxygen atoms in total. The van der Waals surface area contributed by atoms with Crippen LogP contribution in [-0.4, -0.2) is 35.8 Å². The summed E-state index contributed by atoms with van der Waals surface area (Å²) in [6, 6.07) is 0. The van der Waals surface area contributed by atoms with E-state index in [9.17, 15) is 4.79 Å². The zero-order valence-electron chi connectivity index (χ0n) is 7.53.